The van der Waals surface area contributed by atoms with Crippen LogP contribution in [0.4, 0.5) is 4.39 Å². The van der Waals surface area contributed by atoms with Gasteiger partial charge in [0, 0.05) is 19.2 Å². The summed E-state index contributed by atoms with van der Waals surface area (Å²) in [7, 11) is 0. The monoisotopic (exact) mass is 285 g/mol. The van der Waals surface area contributed by atoms with E-state index in [9.17, 15) is 4.39 Å². The van der Waals surface area contributed by atoms with Crippen molar-refractivity contribution < 1.29 is 9.13 Å². The fraction of sp³-hybridized carbons (Fsp3) is 0.600. The zero-order chi connectivity index (χ0) is 13.8. The lowest BCUT2D eigenvalue weighted by Gasteiger charge is -2.32. The highest BCUT2D eigenvalue weighted by molar-refractivity contribution is 6.30. The number of rotatable bonds is 4. The standard InChI is InChI=1S/C15H21ClFNO/c1-10(2)15-8-12(5-6-19-15)18-9-11-3-4-14(17)13(16)7-11/h3-4,7,10,12,15,18H,5-6,8-9H2,1-2H3. The first-order valence-electron chi connectivity index (χ1n) is 6.85. The Balaban J connectivity index is 1.86. The van der Waals surface area contributed by atoms with E-state index < -0.39 is 0 Å². The molecule has 1 aromatic rings. The quantitative estimate of drug-likeness (QED) is 0.909. The first kappa shape index (κ1) is 14.8. The van der Waals surface area contributed by atoms with Crippen LogP contribution in [0.3, 0.4) is 0 Å². The molecular weight excluding hydrogens is 265 g/mol. The summed E-state index contributed by atoms with van der Waals surface area (Å²) in [6, 6.07) is 5.33. The molecular formula is C15H21ClFNO. The fourth-order valence-corrected chi connectivity index (χ4v) is 2.59. The van der Waals surface area contributed by atoms with Gasteiger partial charge in [-0.05, 0) is 36.5 Å². The zero-order valence-electron chi connectivity index (χ0n) is 11.5. The minimum atomic E-state index is -0.364. The topological polar surface area (TPSA) is 21.3 Å². The molecule has 2 unspecified atom stereocenters. The van der Waals surface area contributed by atoms with Crippen LogP contribution in [0.25, 0.3) is 0 Å². The summed E-state index contributed by atoms with van der Waals surface area (Å²) in [5, 5.41) is 3.69. The van der Waals surface area contributed by atoms with Crippen LogP contribution in [0.2, 0.25) is 5.02 Å². The van der Waals surface area contributed by atoms with Crippen molar-refractivity contribution in [3.63, 3.8) is 0 Å². The number of hydrogen-bond donors (Lipinski definition) is 1. The molecule has 1 heterocycles. The van der Waals surface area contributed by atoms with Gasteiger partial charge in [-0.15, -0.1) is 0 Å². The molecule has 19 heavy (non-hydrogen) atoms. The van der Waals surface area contributed by atoms with Gasteiger partial charge in [-0.1, -0.05) is 31.5 Å². The number of nitrogens with one attached hydrogen (secondary N) is 1. The van der Waals surface area contributed by atoms with Gasteiger partial charge in [0.05, 0.1) is 11.1 Å². The van der Waals surface area contributed by atoms with Crippen molar-refractivity contribution in [1.82, 2.24) is 5.32 Å². The van der Waals surface area contributed by atoms with Crippen LogP contribution in [0.1, 0.15) is 32.3 Å². The second-order valence-corrected chi connectivity index (χ2v) is 5.91. The Labute approximate surface area is 119 Å². The van der Waals surface area contributed by atoms with E-state index in [0.29, 0.717) is 18.1 Å². The number of halogens is 2. The molecule has 1 aliphatic rings. The van der Waals surface area contributed by atoms with Gasteiger partial charge in [-0.3, -0.25) is 0 Å². The molecule has 4 heteroatoms. The van der Waals surface area contributed by atoms with Crippen molar-refractivity contribution in [2.24, 2.45) is 5.92 Å². The third-order valence-electron chi connectivity index (χ3n) is 3.64. The lowest BCUT2D eigenvalue weighted by molar-refractivity contribution is -0.0245. The van der Waals surface area contributed by atoms with Gasteiger partial charge in [-0.25, -0.2) is 4.39 Å². The maximum absolute atomic E-state index is 13.1. The Morgan fingerprint density at radius 2 is 2.26 bits per heavy atom. The van der Waals surface area contributed by atoms with E-state index in [4.69, 9.17) is 16.3 Å². The summed E-state index contributed by atoms with van der Waals surface area (Å²) >= 11 is 5.78. The normalized spacial score (nSPS) is 23.8. The average Bonchev–Trinajstić information content (AvgIpc) is 2.40. The van der Waals surface area contributed by atoms with E-state index in [1.165, 1.54) is 6.07 Å². The largest absolute Gasteiger partial charge is 0.378 e. The zero-order valence-corrected chi connectivity index (χ0v) is 12.2. The maximum atomic E-state index is 13.1. The molecule has 0 spiro atoms. The number of benzene rings is 1. The van der Waals surface area contributed by atoms with E-state index in [-0.39, 0.29) is 10.8 Å². The molecule has 0 aliphatic carbocycles. The van der Waals surface area contributed by atoms with Crippen LogP contribution in [-0.2, 0) is 11.3 Å². The Kier molecular flexibility index (Phi) is 5.20. The van der Waals surface area contributed by atoms with Crippen molar-refractivity contribution in [2.75, 3.05) is 6.61 Å². The summed E-state index contributed by atoms with van der Waals surface area (Å²) in [6.45, 7) is 5.90. The van der Waals surface area contributed by atoms with Crippen LogP contribution in [0.5, 0.6) is 0 Å². The van der Waals surface area contributed by atoms with Gasteiger partial charge in [0.1, 0.15) is 5.82 Å². The Hall–Kier alpha value is -0.640. The lowest BCUT2D eigenvalue weighted by Crippen LogP contribution is -2.40. The second kappa shape index (κ2) is 6.69. The molecule has 1 aliphatic heterocycles. The Morgan fingerprint density at radius 1 is 1.47 bits per heavy atom. The molecule has 1 N–H and O–H groups in total. The Bertz CT molecular complexity index is 425. The minimum Gasteiger partial charge on any atom is -0.378 e. The molecule has 1 fully saturated rings. The third kappa shape index (κ3) is 4.16. The first-order chi connectivity index (χ1) is 9.06. The third-order valence-corrected chi connectivity index (χ3v) is 3.93. The molecule has 2 rings (SSSR count). The summed E-state index contributed by atoms with van der Waals surface area (Å²) in [5.41, 5.74) is 1.01. The summed E-state index contributed by atoms with van der Waals surface area (Å²) in [5.74, 6) is 0.182. The van der Waals surface area contributed by atoms with Crippen molar-refractivity contribution in [1.29, 1.82) is 0 Å². The molecule has 0 aromatic heterocycles. The number of hydrogen-bond acceptors (Lipinski definition) is 2. The van der Waals surface area contributed by atoms with Crippen LogP contribution in [0.15, 0.2) is 18.2 Å². The molecule has 2 nitrogen and oxygen atoms in total. The summed E-state index contributed by atoms with van der Waals surface area (Å²) < 4.78 is 18.8. The molecule has 0 amide bonds. The van der Waals surface area contributed by atoms with Crippen molar-refractivity contribution >= 4 is 11.6 Å². The van der Waals surface area contributed by atoms with Crippen LogP contribution >= 0.6 is 11.6 Å². The van der Waals surface area contributed by atoms with Crippen molar-refractivity contribution in [3.05, 3.63) is 34.6 Å². The molecule has 1 saturated heterocycles. The van der Waals surface area contributed by atoms with Crippen LogP contribution < -0.4 is 5.32 Å². The van der Waals surface area contributed by atoms with Crippen molar-refractivity contribution in [3.8, 4) is 0 Å². The second-order valence-electron chi connectivity index (χ2n) is 5.50. The first-order valence-corrected chi connectivity index (χ1v) is 7.23. The van der Waals surface area contributed by atoms with Crippen LogP contribution in [0, 0.1) is 11.7 Å². The molecule has 0 saturated carbocycles. The van der Waals surface area contributed by atoms with Crippen molar-refractivity contribution in [2.45, 2.75) is 45.4 Å². The van der Waals surface area contributed by atoms with E-state index >= 15 is 0 Å². The van der Waals surface area contributed by atoms with Gasteiger partial charge in [0.25, 0.3) is 0 Å². The van der Waals surface area contributed by atoms with Gasteiger partial charge in [0.2, 0.25) is 0 Å². The molecule has 0 radical (unpaired) electrons. The molecule has 106 valence electrons. The average molecular weight is 286 g/mol. The summed E-state index contributed by atoms with van der Waals surface area (Å²) in [6.07, 6.45) is 2.40. The van der Waals surface area contributed by atoms with Gasteiger partial charge in [0.15, 0.2) is 0 Å². The van der Waals surface area contributed by atoms with Gasteiger partial charge in [-0.2, -0.15) is 0 Å². The van der Waals surface area contributed by atoms with E-state index in [2.05, 4.69) is 19.2 Å². The SMILES string of the molecule is CC(C)C1CC(NCc2ccc(F)c(Cl)c2)CCO1. The van der Waals surface area contributed by atoms with Crippen LogP contribution in [-0.4, -0.2) is 18.8 Å². The molecule has 1 aromatic carbocycles. The molecule has 2 atom stereocenters. The molecule has 0 bridgehead atoms. The Morgan fingerprint density at radius 3 is 2.95 bits per heavy atom. The maximum Gasteiger partial charge on any atom is 0.141 e. The number of ether oxygens (including phenoxy) is 1. The van der Waals surface area contributed by atoms with E-state index in [0.717, 1.165) is 31.6 Å². The predicted molar refractivity (Wildman–Crippen MR) is 75.8 cm³/mol. The minimum absolute atomic E-state index is 0.186. The predicted octanol–water partition coefficient (Wildman–Crippen LogP) is 3.77. The highest BCUT2D eigenvalue weighted by Crippen LogP contribution is 2.21. The lowest BCUT2D eigenvalue weighted by atomic mass is 9.95. The highest BCUT2D eigenvalue weighted by atomic mass is 35.5. The summed E-state index contributed by atoms with van der Waals surface area (Å²) in [4.78, 5) is 0. The smallest absolute Gasteiger partial charge is 0.141 e. The fourth-order valence-electron chi connectivity index (χ4n) is 2.39. The van der Waals surface area contributed by atoms with E-state index in [1.54, 1.807) is 12.1 Å². The highest BCUT2D eigenvalue weighted by Gasteiger charge is 2.24. The van der Waals surface area contributed by atoms with E-state index in [1.807, 2.05) is 0 Å². The van der Waals surface area contributed by atoms with Gasteiger partial charge < -0.3 is 10.1 Å². The van der Waals surface area contributed by atoms with Gasteiger partial charge >= 0.3 is 0 Å².